The number of hydrogen-bond donors (Lipinski definition) is 0. The van der Waals surface area contributed by atoms with Crippen LogP contribution >= 0.6 is 27.5 Å². The zero-order valence-corrected chi connectivity index (χ0v) is 23.1. The van der Waals surface area contributed by atoms with E-state index in [1.807, 2.05) is 39.8 Å². The molecular formula is C26H27BrClNO5S. The average molecular weight is 581 g/mol. The van der Waals surface area contributed by atoms with E-state index in [0.29, 0.717) is 23.1 Å². The first kappa shape index (κ1) is 27.0. The summed E-state index contributed by atoms with van der Waals surface area (Å²) >= 11 is 9.40. The maximum absolute atomic E-state index is 13.5. The van der Waals surface area contributed by atoms with Crippen LogP contribution in [0.1, 0.15) is 33.3 Å². The minimum Gasteiger partial charge on any atom is -0.494 e. The summed E-state index contributed by atoms with van der Waals surface area (Å²) in [5.74, 6) is 0.324. The topological polar surface area (TPSA) is 72.9 Å². The van der Waals surface area contributed by atoms with Crippen molar-refractivity contribution in [1.29, 1.82) is 0 Å². The summed E-state index contributed by atoms with van der Waals surface area (Å²) in [7, 11) is -4.25. The largest absolute Gasteiger partial charge is 0.494 e. The van der Waals surface area contributed by atoms with E-state index in [9.17, 15) is 13.2 Å². The number of anilines is 1. The fraction of sp³-hybridized carbons (Fsp3) is 0.269. The smallest absolute Gasteiger partial charge is 0.278 e. The van der Waals surface area contributed by atoms with Crippen molar-refractivity contribution in [3.8, 4) is 11.5 Å². The molecule has 186 valence electrons. The van der Waals surface area contributed by atoms with Gasteiger partial charge in [-0.25, -0.2) is 8.42 Å². The lowest BCUT2D eigenvalue weighted by Crippen LogP contribution is -2.40. The summed E-state index contributed by atoms with van der Waals surface area (Å²) in [5, 5.41) is 0.385. The Morgan fingerprint density at radius 1 is 0.971 bits per heavy atom. The third-order valence-electron chi connectivity index (χ3n) is 5.06. The number of carbonyl (C=O) groups excluding carboxylic acids is 1. The third-order valence-corrected chi connectivity index (χ3v) is 7.57. The van der Waals surface area contributed by atoms with E-state index in [-0.39, 0.29) is 16.0 Å². The summed E-state index contributed by atoms with van der Waals surface area (Å²) in [6.45, 7) is 7.91. The molecule has 9 heteroatoms. The van der Waals surface area contributed by atoms with Gasteiger partial charge in [-0.15, -0.1) is 0 Å². The Morgan fingerprint density at radius 3 is 2.17 bits per heavy atom. The predicted molar refractivity (Wildman–Crippen MR) is 142 cm³/mol. The van der Waals surface area contributed by atoms with Gasteiger partial charge >= 0.3 is 0 Å². The first-order chi connectivity index (χ1) is 16.4. The van der Waals surface area contributed by atoms with Crippen molar-refractivity contribution < 1.29 is 22.7 Å². The summed E-state index contributed by atoms with van der Waals surface area (Å²) < 4.78 is 40.0. The molecule has 0 saturated heterocycles. The molecule has 0 bridgehead atoms. The highest BCUT2D eigenvalue weighted by atomic mass is 79.9. The number of nitrogens with zero attached hydrogens (tertiary/aromatic N) is 1. The Bertz CT molecular complexity index is 1290. The van der Waals surface area contributed by atoms with Gasteiger partial charge in [0.15, 0.2) is 6.61 Å². The van der Waals surface area contributed by atoms with Crippen LogP contribution in [0, 0.1) is 0 Å². The lowest BCUT2D eigenvalue weighted by Gasteiger charge is -2.25. The maximum Gasteiger partial charge on any atom is 0.278 e. The molecule has 0 aliphatic rings. The molecule has 1 amide bonds. The second-order valence-electron chi connectivity index (χ2n) is 8.72. The molecule has 0 atom stereocenters. The molecule has 3 rings (SSSR count). The number of carbonyl (C=O) groups is 1. The Hall–Kier alpha value is -2.55. The Balaban J connectivity index is 1.98. The van der Waals surface area contributed by atoms with Gasteiger partial charge in [0.2, 0.25) is 0 Å². The van der Waals surface area contributed by atoms with Crippen LogP contribution in [0.2, 0.25) is 5.02 Å². The van der Waals surface area contributed by atoms with Crippen molar-refractivity contribution in [3.05, 3.63) is 81.8 Å². The highest BCUT2D eigenvalue weighted by Gasteiger charge is 2.32. The molecule has 0 aliphatic heterocycles. The standard InChI is InChI=1S/C26H27BrClNO5S/c1-5-33-21-11-9-20(10-12-21)29(35(31,32)22-13-7-19(28)8-14-22)25(30)17-34-24-15-6-18(27)16-23(24)26(2,3)4/h6-16H,5,17H2,1-4H3. The van der Waals surface area contributed by atoms with Gasteiger partial charge in [-0.05, 0) is 79.1 Å². The summed E-state index contributed by atoms with van der Waals surface area (Å²) in [6.07, 6.45) is 0. The van der Waals surface area contributed by atoms with Crippen LogP contribution in [0.5, 0.6) is 11.5 Å². The van der Waals surface area contributed by atoms with Crippen molar-refractivity contribution in [2.45, 2.75) is 38.0 Å². The quantitative estimate of drug-likeness (QED) is 0.300. The molecule has 0 radical (unpaired) electrons. The zero-order chi connectivity index (χ0) is 25.8. The number of hydrogen-bond acceptors (Lipinski definition) is 5. The van der Waals surface area contributed by atoms with Crippen molar-refractivity contribution in [2.24, 2.45) is 0 Å². The first-order valence-electron chi connectivity index (χ1n) is 10.9. The Morgan fingerprint density at radius 2 is 1.60 bits per heavy atom. The summed E-state index contributed by atoms with van der Waals surface area (Å²) in [4.78, 5) is 13.3. The highest BCUT2D eigenvalue weighted by molar-refractivity contribution is 9.10. The van der Waals surface area contributed by atoms with E-state index in [2.05, 4.69) is 15.9 Å². The van der Waals surface area contributed by atoms with Crippen molar-refractivity contribution >= 4 is 49.1 Å². The first-order valence-corrected chi connectivity index (χ1v) is 13.5. The van der Waals surface area contributed by atoms with Crippen molar-refractivity contribution in [3.63, 3.8) is 0 Å². The van der Waals surface area contributed by atoms with Crippen molar-refractivity contribution in [1.82, 2.24) is 0 Å². The van der Waals surface area contributed by atoms with Crippen LogP contribution in [0.15, 0.2) is 76.1 Å². The number of rotatable bonds is 8. The van der Waals surface area contributed by atoms with Crippen LogP contribution in [0.4, 0.5) is 5.69 Å². The van der Waals surface area contributed by atoms with Crippen LogP contribution in [0.3, 0.4) is 0 Å². The number of benzene rings is 3. The van der Waals surface area contributed by atoms with Gasteiger partial charge in [0, 0.05) is 15.1 Å². The number of ether oxygens (including phenoxy) is 2. The van der Waals surface area contributed by atoms with E-state index in [0.717, 1.165) is 14.3 Å². The van der Waals surface area contributed by atoms with E-state index in [1.165, 1.54) is 36.4 Å². The molecule has 0 unspecified atom stereocenters. The minimum atomic E-state index is -4.25. The third kappa shape index (κ3) is 6.57. The number of halogens is 2. The SMILES string of the molecule is CCOc1ccc(N(C(=O)COc2ccc(Br)cc2C(C)(C)C)S(=O)(=O)c2ccc(Cl)cc2)cc1. The van der Waals surface area contributed by atoms with Crippen LogP contribution < -0.4 is 13.8 Å². The molecule has 35 heavy (non-hydrogen) atoms. The van der Waals surface area contributed by atoms with E-state index in [1.54, 1.807) is 18.2 Å². The summed E-state index contributed by atoms with van der Waals surface area (Å²) in [6, 6.07) is 17.4. The number of amides is 1. The van der Waals surface area contributed by atoms with Gasteiger partial charge in [-0.1, -0.05) is 48.3 Å². The van der Waals surface area contributed by atoms with Gasteiger partial charge in [-0.2, -0.15) is 4.31 Å². The number of sulfonamides is 1. The second-order valence-corrected chi connectivity index (χ2v) is 11.9. The van der Waals surface area contributed by atoms with Crippen LogP contribution in [-0.2, 0) is 20.2 Å². The average Bonchev–Trinajstić information content (AvgIpc) is 2.79. The van der Waals surface area contributed by atoms with Gasteiger partial charge in [0.05, 0.1) is 17.2 Å². The second kappa shape index (κ2) is 11.0. The van der Waals surface area contributed by atoms with E-state index < -0.39 is 22.5 Å². The molecule has 3 aromatic rings. The fourth-order valence-corrected chi connectivity index (χ4v) is 5.28. The van der Waals surface area contributed by atoms with Crippen LogP contribution in [-0.4, -0.2) is 27.5 Å². The molecule has 0 saturated carbocycles. The van der Waals surface area contributed by atoms with Gasteiger partial charge < -0.3 is 9.47 Å². The predicted octanol–water partition coefficient (Wildman–Crippen LogP) is 6.60. The molecule has 0 aromatic heterocycles. The Labute approximate surface area is 220 Å². The molecule has 0 heterocycles. The normalized spacial score (nSPS) is 11.7. The lowest BCUT2D eigenvalue weighted by molar-refractivity contribution is -0.119. The molecule has 0 fully saturated rings. The van der Waals surface area contributed by atoms with E-state index >= 15 is 0 Å². The molecule has 0 aliphatic carbocycles. The van der Waals surface area contributed by atoms with Gasteiger partial charge in [0.25, 0.3) is 15.9 Å². The molecule has 0 N–H and O–H groups in total. The minimum absolute atomic E-state index is 0.0665. The fourth-order valence-electron chi connectivity index (χ4n) is 3.39. The van der Waals surface area contributed by atoms with Crippen LogP contribution in [0.25, 0.3) is 0 Å². The molecule has 3 aromatic carbocycles. The van der Waals surface area contributed by atoms with E-state index in [4.69, 9.17) is 21.1 Å². The monoisotopic (exact) mass is 579 g/mol. The zero-order valence-electron chi connectivity index (χ0n) is 19.9. The van der Waals surface area contributed by atoms with Crippen molar-refractivity contribution in [2.75, 3.05) is 17.5 Å². The summed E-state index contributed by atoms with van der Waals surface area (Å²) in [5.41, 5.74) is 0.795. The molecule has 6 nitrogen and oxygen atoms in total. The molecule has 0 spiro atoms. The molecular weight excluding hydrogens is 554 g/mol. The van der Waals surface area contributed by atoms with Gasteiger partial charge in [0.1, 0.15) is 11.5 Å². The lowest BCUT2D eigenvalue weighted by atomic mass is 9.86. The van der Waals surface area contributed by atoms with Gasteiger partial charge in [-0.3, -0.25) is 4.79 Å². The Kier molecular flexibility index (Phi) is 8.51. The highest BCUT2D eigenvalue weighted by Crippen LogP contribution is 2.34. The maximum atomic E-state index is 13.5.